The van der Waals surface area contributed by atoms with E-state index in [1.807, 2.05) is 17.5 Å². The van der Waals surface area contributed by atoms with Gasteiger partial charge in [-0.1, -0.05) is 6.07 Å². The molecule has 1 saturated heterocycles. The van der Waals surface area contributed by atoms with Crippen LogP contribution in [0.5, 0.6) is 0 Å². The van der Waals surface area contributed by atoms with Crippen molar-refractivity contribution in [2.45, 2.75) is 35.9 Å². The summed E-state index contributed by atoms with van der Waals surface area (Å²) in [5.41, 5.74) is -1.04. The van der Waals surface area contributed by atoms with Gasteiger partial charge in [0.2, 0.25) is 5.91 Å². The van der Waals surface area contributed by atoms with Gasteiger partial charge < -0.3 is 10.0 Å². The molecule has 19 heavy (non-hydrogen) atoms. The SMILES string of the molecule is CC1(C(=O)O)CCCCN1C(=O)CSc1cccs1. The van der Waals surface area contributed by atoms with Crippen LogP contribution in [0.25, 0.3) is 0 Å². The highest BCUT2D eigenvalue weighted by atomic mass is 32.2. The van der Waals surface area contributed by atoms with Crippen LogP contribution in [0.2, 0.25) is 0 Å². The minimum absolute atomic E-state index is 0.0806. The number of aliphatic carboxylic acids is 1. The average Bonchev–Trinajstić information content (AvgIpc) is 2.89. The number of likely N-dealkylation sites (tertiary alicyclic amines) is 1. The monoisotopic (exact) mass is 299 g/mol. The highest BCUT2D eigenvalue weighted by molar-refractivity contribution is 8.01. The van der Waals surface area contributed by atoms with Gasteiger partial charge >= 0.3 is 5.97 Å². The first kappa shape index (κ1) is 14.4. The Labute approximate surface area is 120 Å². The molecule has 0 saturated carbocycles. The fraction of sp³-hybridized carbons (Fsp3) is 0.538. The molecule has 104 valence electrons. The second kappa shape index (κ2) is 5.96. The third-order valence-corrected chi connectivity index (χ3v) is 5.60. The van der Waals surface area contributed by atoms with Gasteiger partial charge in [0.1, 0.15) is 5.54 Å². The van der Waals surface area contributed by atoms with E-state index in [0.29, 0.717) is 18.7 Å². The Bertz CT molecular complexity index is 460. The van der Waals surface area contributed by atoms with E-state index in [0.717, 1.165) is 17.1 Å². The zero-order valence-electron chi connectivity index (χ0n) is 10.8. The van der Waals surface area contributed by atoms with E-state index in [4.69, 9.17) is 0 Å². The molecule has 1 N–H and O–H groups in total. The molecule has 1 aromatic heterocycles. The first-order valence-corrected chi connectivity index (χ1v) is 8.11. The normalized spacial score (nSPS) is 23.3. The number of thioether (sulfide) groups is 1. The molecule has 1 aliphatic rings. The molecule has 6 heteroatoms. The minimum Gasteiger partial charge on any atom is -0.480 e. The van der Waals surface area contributed by atoms with Crippen LogP contribution in [0, 0.1) is 0 Å². The van der Waals surface area contributed by atoms with E-state index < -0.39 is 11.5 Å². The second-order valence-electron chi connectivity index (χ2n) is 4.80. The Morgan fingerprint density at radius 3 is 2.95 bits per heavy atom. The molecule has 0 spiro atoms. The van der Waals surface area contributed by atoms with Crippen molar-refractivity contribution < 1.29 is 14.7 Å². The number of hydrogen-bond acceptors (Lipinski definition) is 4. The molecular weight excluding hydrogens is 282 g/mol. The lowest BCUT2D eigenvalue weighted by Crippen LogP contribution is -2.57. The number of carboxylic acid groups (broad SMARTS) is 1. The number of piperidine rings is 1. The van der Waals surface area contributed by atoms with Crippen molar-refractivity contribution in [1.29, 1.82) is 0 Å². The maximum Gasteiger partial charge on any atom is 0.329 e. The summed E-state index contributed by atoms with van der Waals surface area (Å²) in [5.74, 6) is -0.673. The number of carboxylic acids is 1. The number of carbonyl (C=O) groups excluding carboxylic acids is 1. The molecule has 2 rings (SSSR count). The Balaban J connectivity index is 2.01. The number of carbonyl (C=O) groups is 2. The zero-order valence-corrected chi connectivity index (χ0v) is 12.4. The van der Waals surface area contributed by atoms with Gasteiger partial charge in [-0.2, -0.15) is 0 Å². The van der Waals surface area contributed by atoms with Crippen molar-refractivity contribution in [1.82, 2.24) is 4.90 Å². The van der Waals surface area contributed by atoms with E-state index >= 15 is 0 Å². The summed E-state index contributed by atoms with van der Waals surface area (Å²) < 4.78 is 1.09. The highest BCUT2D eigenvalue weighted by Gasteiger charge is 2.43. The van der Waals surface area contributed by atoms with Gasteiger partial charge in [-0.15, -0.1) is 23.1 Å². The summed E-state index contributed by atoms with van der Waals surface area (Å²) in [6.07, 6.45) is 2.29. The predicted octanol–water partition coefficient (Wildman–Crippen LogP) is 2.70. The van der Waals surface area contributed by atoms with Gasteiger partial charge in [-0.25, -0.2) is 4.79 Å². The molecule has 1 fully saturated rings. The second-order valence-corrected chi connectivity index (χ2v) is 7.03. The van der Waals surface area contributed by atoms with E-state index in [9.17, 15) is 14.7 Å². The van der Waals surface area contributed by atoms with E-state index in [2.05, 4.69) is 0 Å². The van der Waals surface area contributed by atoms with E-state index in [-0.39, 0.29) is 5.91 Å². The molecule has 0 aromatic carbocycles. The van der Waals surface area contributed by atoms with Crippen molar-refractivity contribution in [2.75, 3.05) is 12.3 Å². The Morgan fingerprint density at radius 1 is 1.53 bits per heavy atom. The molecule has 0 aliphatic carbocycles. The van der Waals surface area contributed by atoms with E-state index in [1.54, 1.807) is 23.2 Å². The molecule has 1 unspecified atom stereocenters. The Kier molecular flexibility index (Phi) is 4.52. The summed E-state index contributed by atoms with van der Waals surface area (Å²) in [4.78, 5) is 25.2. The molecule has 0 bridgehead atoms. The largest absolute Gasteiger partial charge is 0.480 e. The quantitative estimate of drug-likeness (QED) is 0.869. The molecule has 1 aromatic rings. The first-order chi connectivity index (χ1) is 9.04. The standard InChI is InChI=1S/C13H17NO3S2/c1-13(12(16)17)6-2-3-7-14(13)10(15)9-19-11-5-4-8-18-11/h4-5,8H,2-3,6-7,9H2,1H3,(H,16,17). The maximum absolute atomic E-state index is 12.3. The van der Waals surface area contributed by atoms with Crippen LogP contribution < -0.4 is 0 Å². The smallest absolute Gasteiger partial charge is 0.329 e. The number of nitrogens with zero attached hydrogens (tertiary/aromatic N) is 1. The Hall–Kier alpha value is -1.01. The topological polar surface area (TPSA) is 57.6 Å². The summed E-state index contributed by atoms with van der Waals surface area (Å²) in [5, 5.41) is 11.3. The lowest BCUT2D eigenvalue weighted by Gasteiger charge is -2.41. The zero-order chi connectivity index (χ0) is 13.9. The number of hydrogen-bond donors (Lipinski definition) is 1. The lowest BCUT2D eigenvalue weighted by molar-refractivity contribution is -0.159. The van der Waals surface area contributed by atoms with Gasteiger partial charge in [0.15, 0.2) is 0 Å². The molecule has 1 aliphatic heterocycles. The fourth-order valence-corrected chi connectivity index (χ4v) is 3.96. The van der Waals surface area contributed by atoms with Crippen molar-refractivity contribution in [2.24, 2.45) is 0 Å². The van der Waals surface area contributed by atoms with Crippen LogP contribution in [0.1, 0.15) is 26.2 Å². The number of thiophene rings is 1. The number of rotatable bonds is 4. The van der Waals surface area contributed by atoms with Crippen LogP contribution in [0.3, 0.4) is 0 Å². The number of amides is 1. The Morgan fingerprint density at radius 2 is 2.32 bits per heavy atom. The van der Waals surface area contributed by atoms with Crippen LogP contribution >= 0.6 is 23.1 Å². The van der Waals surface area contributed by atoms with Crippen molar-refractivity contribution in [3.8, 4) is 0 Å². The lowest BCUT2D eigenvalue weighted by atomic mass is 9.88. The summed E-state index contributed by atoms with van der Waals surface area (Å²) in [6.45, 7) is 2.20. The molecule has 4 nitrogen and oxygen atoms in total. The average molecular weight is 299 g/mol. The van der Waals surface area contributed by atoms with Gasteiger partial charge in [0, 0.05) is 6.54 Å². The van der Waals surface area contributed by atoms with Gasteiger partial charge in [0.05, 0.1) is 9.96 Å². The third-order valence-electron chi connectivity index (χ3n) is 3.49. The highest BCUT2D eigenvalue weighted by Crippen LogP contribution is 2.30. The predicted molar refractivity (Wildman–Crippen MR) is 76.6 cm³/mol. The molecular formula is C13H17NO3S2. The van der Waals surface area contributed by atoms with Crippen LogP contribution in [0.15, 0.2) is 21.7 Å². The maximum atomic E-state index is 12.3. The molecule has 0 radical (unpaired) electrons. The van der Waals surface area contributed by atoms with Crippen molar-refractivity contribution in [3.63, 3.8) is 0 Å². The minimum atomic E-state index is -1.04. The van der Waals surface area contributed by atoms with Crippen LogP contribution in [-0.4, -0.2) is 39.7 Å². The van der Waals surface area contributed by atoms with Crippen molar-refractivity contribution in [3.05, 3.63) is 17.5 Å². The van der Waals surface area contributed by atoms with Gasteiger partial charge in [0.25, 0.3) is 0 Å². The van der Waals surface area contributed by atoms with Crippen molar-refractivity contribution >= 4 is 35.0 Å². The molecule has 2 heterocycles. The van der Waals surface area contributed by atoms with Gasteiger partial charge in [-0.05, 0) is 37.6 Å². The summed E-state index contributed by atoms with van der Waals surface area (Å²) in [6, 6.07) is 3.91. The van der Waals surface area contributed by atoms with E-state index in [1.165, 1.54) is 11.8 Å². The van der Waals surface area contributed by atoms with Gasteiger partial charge in [-0.3, -0.25) is 4.79 Å². The summed E-state index contributed by atoms with van der Waals surface area (Å²) >= 11 is 3.07. The first-order valence-electron chi connectivity index (χ1n) is 6.24. The van der Waals surface area contributed by atoms with Crippen LogP contribution in [0.4, 0.5) is 0 Å². The third kappa shape index (κ3) is 3.12. The summed E-state index contributed by atoms with van der Waals surface area (Å²) in [7, 11) is 0. The fourth-order valence-electron chi connectivity index (χ4n) is 2.30. The molecule has 1 amide bonds. The molecule has 1 atom stereocenters. The van der Waals surface area contributed by atoms with Crippen LogP contribution in [-0.2, 0) is 9.59 Å².